The van der Waals surface area contributed by atoms with Crippen molar-refractivity contribution in [3.63, 3.8) is 0 Å². The van der Waals surface area contributed by atoms with Gasteiger partial charge in [-0.25, -0.2) is 4.79 Å². The van der Waals surface area contributed by atoms with Crippen LogP contribution in [-0.4, -0.2) is 19.4 Å². The molecule has 0 saturated heterocycles. The highest BCUT2D eigenvalue weighted by Crippen LogP contribution is 2.21. The molecule has 0 aliphatic carbocycles. The minimum absolute atomic E-state index is 0.350. The van der Waals surface area contributed by atoms with Gasteiger partial charge in [0.2, 0.25) is 0 Å². The molecule has 0 atom stereocenters. The number of hydrogen-bond donors (Lipinski definition) is 0. The van der Waals surface area contributed by atoms with Gasteiger partial charge in [0.15, 0.2) is 0 Å². The number of hydrogen-bond acceptors (Lipinski definition) is 4. The molecule has 0 aliphatic heterocycles. The topological polar surface area (TPSA) is 52.6 Å². The Balaban J connectivity index is 2.05. The van der Waals surface area contributed by atoms with Crippen molar-refractivity contribution in [2.45, 2.75) is 6.61 Å². The van der Waals surface area contributed by atoms with Gasteiger partial charge in [0.05, 0.1) is 12.7 Å². The highest BCUT2D eigenvalue weighted by Gasteiger charge is 2.08. The van der Waals surface area contributed by atoms with E-state index in [0.717, 1.165) is 16.3 Å². The molecule has 21 heavy (non-hydrogen) atoms. The van der Waals surface area contributed by atoms with E-state index in [2.05, 4.69) is 20.7 Å². The smallest absolute Gasteiger partial charge is 0.337 e. The summed E-state index contributed by atoms with van der Waals surface area (Å²) in [6.45, 7) is 0.350. The summed E-state index contributed by atoms with van der Waals surface area (Å²) < 4.78 is 11.1. The Hall–Kier alpha value is -2.14. The highest BCUT2D eigenvalue weighted by atomic mass is 79.9. The van der Waals surface area contributed by atoms with E-state index in [9.17, 15) is 9.59 Å². The molecule has 0 aliphatic rings. The molecular weight excluding hydrogens is 336 g/mol. The van der Waals surface area contributed by atoms with Gasteiger partial charge in [-0.05, 0) is 36.4 Å². The maximum Gasteiger partial charge on any atom is 0.337 e. The van der Waals surface area contributed by atoms with Crippen LogP contribution in [0, 0.1) is 0 Å². The van der Waals surface area contributed by atoms with Gasteiger partial charge in [0, 0.05) is 15.6 Å². The zero-order chi connectivity index (χ0) is 15.2. The minimum atomic E-state index is -0.382. The maximum absolute atomic E-state index is 11.4. The zero-order valence-electron chi connectivity index (χ0n) is 11.3. The monoisotopic (exact) mass is 348 g/mol. The molecule has 4 nitrogen and oxygen atoms in total. The SMILES string of the molecule is COC(=O)c1ccc(COc2ccc(C=O)cc2)c(Br)c1. The third kappa shape index (κ3) is 3.92. The van der Waals surface area contributed by atoms with Gasteiger partial charge in [0.25, 0.3) is 0 Å². The second-order valence-electron chi connectivity index (χ2n) is 4.27. The molecule has 0 heterocycles. The minimum Gasteiger partial charge on any atom is -0.489 e. The molecule has 2 aromatic carbocycles. The molecule has 2 aromatic rings. The Labute approximate surface area is 130 Å². The summed E-state index contributed by atoms with van der Waals surface area (Å²) in [5.41, 5.74) is 1.98. The van der Waals surface area contributed by atoms with E-state index in [1.54, 1.807) is 42.5 Å². The van der Waals surface area contributed by atoms with Crippen molar-refractivity contribution < 1.29 is 19.1 Å². The lowest BCUT2D eigenvalue weighted by Crippen LogP contribution is -2.03. The van der Waals surface area contributed by atoms with Gasteiger partial charge in [-0.15, -0.1) is 0 Å². The van der Waals surface area contributed by atoms with Crippen molar-refractivity contribution in [1.29, 1.82) is 0 Å². The molecule has 108 valence electrons. The molecule has 0 spiro atoms. The first-order valence-corrected chi connectivity index (χ1v) is 6.98. The third-order valence-electron chi connectivity index (χ3n) is 2.88. The number of carbonyl (C=O) groups is 2. The molecule has 0 N–H and O–H groups in total. The molecule has 5 heteroatoms. The quantitative estimate of drug-likeness (QED) is 0.611. The van der Waals surface area contributed by atoms with Gasteiger partial charge < -0.3 is 9.47 Å². The first kappa shape index (κ1) is 15.3. The van der Waals surface area contributed by atoms with Crippen molar-refractivity contribution in [2.75, 3.05) is 7.11 Å². The fourth-order valence-electron chi connectivity index (χ4n) is 1.71. The first-order valence-electron chi connectivity index (χ1n) is 6.19. The lowest BCUT2D eigenvalue weighted by atomic mass is 10.1. The predicted molar refractivity (Wildman–Crippen MR) is 81.6 cm³/mol. The van der Waals surface area contributed by atoms with Crippen molar-refractivity contribution in [3.8, 4) is 5.75 Å². The maximum atomic E-state index is 11.4. The normalized spacial score (nSPS) is 10.0. The Morgan fingerprint density at radius 2 is 1.90 bits per heavy atom. The molecule has 0 aromatic heterocycles. The Kier molecular flexibility index (Phi) is 5.11. The van der Waals surface area contributed by atoms with E-state index in [0.29, 0.717) is 23.5 Å². The van der Waals surface area contributed by atoms with E-state index in [-0.39, 0.29) is 5.97 Å². The second kappa shape index (κ2) is 7.04. The van der Waals surface area contributed by atoms with E-state index >= 15 is 0 Å². The number of carbonyl (C=O) groups excluding carboxylic acids is 2. The molecule has 0 fully saturated rings. The van der Waals surface area contributed by atoms with Crippen LogP contribution in [0.15, 0.2) is 46.9 Å². The number of esters is 1. The van der Waals surface area contributed by atoms with E-state index in [1.807, 2.05) is 0 Å². The van der Waals surface area contributed by atoms with Gasteiger partial charge >= 0.3 is 5.97 Å². The summed E-state index contributed by atoms with van der Waals surface area (Å²) in [6, 6.07) is 12.0. The van der Waals surface area contributed by atoms with Crippen LogP contribution in [0.2, 0.25) is 0 Å². The summed E-state index contributed by atoms with van der Waals surface area (Å²) >= 11 is 3.41. The van der Waals surface area contributed by atoms with Crippen molar-refractivity contribution >= 4 is 28.2 Å². The van der Waals surface area contributed by atoms with Crippen LogP contribution in [-0.2, 0) is 11.3 Å². The molecule has 0 radical (unpaired) electrons. The Bertz CT molecular complexity index is 650. The van der Waals surface area contributed by atoms with E-state index < -0.39 is 0 Å². The van der Waals surface area contributed by atoms with Crippen LogP contribution < -0.4 is 4.74 Å². The average Bonchev–Trinajstić information content (AvgIpc) is 2.53. The summed E-state index contributed by atoms with van der Waals surface area (Å²) in [5.74, 6) is 0.289. The zero-order valence-corrected chi connectivity index (χ0v) is 12.9. The molecule has 0 unspecified atom stereocenters. The largest absolute Gasteiger partial charge is 0.489 e. The number of aldehydes is 1. The molecular formula is C16H13BrO4. The number of rotatable bonds is 5. The summed E-state index contributed by atoms with van der Waals surface area (Å²) in [7, 11) is 1.34. The number of benzene rings is 2. The lowest BCUT2D eigenvalue weighted by molar-refractivity contribution is 0.0600. The van der Waals surface area contributed by atoms with Crippen LogP contribution in [0.25, 0.3) is 0 Å². The van der Waals surface area contributed by atoms with Crippen molar-refractivity contribution in [1.82, 2.24) is 0 Å². The second-order valence-corrected chi connectivity index (χ2v) is 5.13. The van der Waals surface area contributed by atoms with Crippen LogP contribution >= 0.6 is 15.9 Å². The van der Waals surface area contributed by atoms with Crippen LogP contribution in [0.5, 0.6) is 5.75 Å². The van der Waals surface area contributed by atoms with Crippen LogP contribution in [0.3, 0.4) is 0 Å². The van der Waals surface area contributed by atoms with Gasteiger partial charge in [-0.2, -0.15) is 0 Å². The summed E-state index contributed by atoms with van der Waals surface area (Å²) in [6.07, 6.45) is 0.784. The molecule has 2 rings (SSSR count). The fraction of sp³-hybridized carbons (Fsp3) is 0.125. The summed E-state index contributed by atoms with van der Waals surface area (Å²) in [4.78, 5) is 22.0. The van der Waals surface area contributed by atoms with Crippen LogP contribution in [0.4, 0.5) is 0 Å². The lowest BCUT2D eigenvalue weighted by Gasteiger charge is -2.09. The molecule has 0 saturated carbocycles. The molecule has 0 bridgehead atoms. The Morgan fingerprint density at radius 3 is 2.48 bits per heavy atom. The molecule has 0 amide bonds. The van der Waals surface area contributed by atoms with Gasteiger partial charge in [-0.3, -0.25) is 4.79 Å². The highest BCUT2D eigenvalue weighted by molar-refractivity contribution is 9.10. The summed E-state index contributed by atoms with van der Waals surface area (Å²) in [5, 5.41) is 0. The van der Waals surface area contributed by atoms with E-state index in [1.165, 1.54) is 7.11 Å². The standard InChI is InChI=1S/C16H13BrO4/c1-20-16(19)12-4-5-13(15(17)8-12)10-21-14-6-2-11(9-18)3-7-14/h2-9H,10H2,1H3. The predicted octanol–water partition coefficient (Wildman–Crippen LogP) is 3.63. The third-order valence-corrected chi connectivity index (χ3v) is 3.62. The number of halogens is 1. The number of methoxy groups -OCH3 is 1. The first-order chi connectivity index (χ1) is 10.1. The fourth-order valence-corrected chi connectivity index (χ4v) is 2.21. The van der Waals surface area contributed by atoms with Gasteiger partial charge in [0.1, 0.15) is 18.6 Å². The van der Waals surface area contributed by atoms with Gasteiger partial charge in [-0.1, -0.05) is 22.0 Å². The van der Waals surface area contributed by atoms with Crippen molar-refractivity contribution in [2.24, 2.45) is 0 Å². The average molecular weight is 349 g/mol. The number of ether oxygens (including phenoxy) is 2. The Morgan fingerprint density at radius 1 is 1.19 bits per heavy atom. The van der Waals surface area contributed by atoms with Crippen molar-refractivity contribution in [3.05, 3.63) is 63.6 Å². The van der Waals surface area contributed by atoms with Crippen LogP contribution in [0.1, 0.15) is 26.3 Å². The van der Waals surface area contributed by atoms with E-state index in [4.69, 9.17) is 4.74 Å².